The molecule has 0 aromatic rings. The molecule has 0 spiro atoms. The number of phosphoric ester groups is 1. The number of rotatable bonds is 45. The highest BCUT2D eigenvalue weighted by Gasteiger charge is 2.27. The Labute approximate surface area is 343 Å². The van der Waals surface area contributed by atoms with Crippen LogP contribution in [-0.4, -0.2) is 60.5 Å². The van der Waals surface area contributed by atoms with Crippen LogP contribution >= 0.6 is 7.82 Å². The van der Waals surface area contributed by atoms with Gasteiger partial charge in [0.25, 0.3) is 0 Å². The van der Waals surface area contributed by atoms with E-state index in [9.17, 15) is 19.0 Å². The number of phosphoric acid groups is 1. The zero-order chi connectivity index (χ0) is 41.2. The summed E-state index contributed by atoms with van der Waals surface area (Å²) >= 11 is 0. The van der Waals surface area contributed by atoms with Gasteiger partial charge in [-0.15, -0.1) is 0 Å². The number of carbonyl (C=O) groups excluding carboxylic acids is 1. The maximum atomic E-state index is 12.6. The summed E-state index contributed by atoms with van der Waals surface area (Å²) in [4.78, 5) is 33.6. The van der Waals surface area contributed by atoms with Gasteiger partial charge in [0.15, 0.2) is 0 Å². The third-order valence-electron chi connectivity index (χ3n) is 10.3. The molecule has 3 unspecified atom stereocenters. The van der Waals surface area contributed by atoms with Crippen LogP contribution in [0.2, 0.25) is 0 Å². The van der Waals surface area contributed by atoms with Crippen molar-refractivity contribution < 1.29 is 42.7 Å². The largest absolute Gasteiger partial charge is 0.480 e. The van der Waals surface area contributed by atoms with E-state index in [2.05, 4.69) is 26.0 Å². The normalized spacial score (nSPS) is 13.9. The molecular weight excluding hydrogens is 729 g/mol. The van der Waals surface area contributed by atoms with Crippen LogP contribution in [0.3, 0.4) is 0 Å². The molecule has 332 valence electrons. The molecule has 0 bridgehead atoms. The summed E-state index contributed by atoms with van der Waals surface area (Å²) in [7, 11) is -4.61. The molecule has 0 radical (unpaired) electrons. The zero-order valence-electron chi connectivity index (χ0n) is 36.2. The SMILES string of the molecule is CCCCCCCC/C=C\CCCCCCCCCCCC(=O)OC(COCCCCCCCCCCCCCCCCC)COP(=O)(O)OCC(N)C(=O)O. The van der Waals surface area contributed by atoms with E-state index in [4.69, 9.17) is 29.4 Å². The molecule has 0 saturated heterocycles. The van der Waals surface area contributed by atoms with E-state index >= 15 is 0 Å². The molecule has 0 amide bonds. The molecule has 0 aliphatic carbocycles. The molecule has 0 saturated carbocycles. The molecule has 3 atom stereocenters. The third kappa shape index (κ3) is 40.9. The number of ether oxygens (including phenoxy) is 2. The predicted octanol–water partition coefficient (Wildman–Crippen LogP) is 12.9. The van der Waals surface area contributed by atoms with E-state index < -0.39 is 45.1 Å². The first kappa shape index (κ1) is 54.7. The topological polar surface area (TPSA) is 155 Å². The standard InChI is InChI=1S/C45H88NO9P/c1-3-5-7-9-11-13-15-17-19-20-21-22-23-25-27-29-31-33-35-37-44(47)55-42(40-53-56(50,51)54-41-43(46)45(48)49)39-52-38-36-34-32-30-28-26-24-18-16-14-12-10-8-6-4-2/h17,19,42-43H,3-16,18,20-41,46H2,1-2H3,(H,48,49)(H,50,51)/b19-17-. The lowest BCUT2D eigenvalue weighted by Crippen LogP contribution is -2.34. The highest BCUT2D eigenvalue weighted by Crippen LogP contribution is 2.43. The lowest BCUT2D eigenvalue weighted by Gasteiger charge is -2.20. The van der Waals surface area contributed by atoms with Crippen LogP contribution in [0.25, 0.3) is 0 Å². The van der Waals surface area contributed by atoms with Gasteiger partial charge in [0, 0.05) is 13.0 Å². The van der Waals surface area contributed by atoms with Gasteiger partial charge in [-0.3, -0.25) is 18.6 Å². The molecule has 0 aliphatic heterocycles. The van der Waals surface area contributed by atoms with Crippen molar-refractivity contribution in [2.45, 2.75) is 238 Å². The molecule has 10 nitrogen and oxygen atoms in total. The summed E-state index contributed by atoms with van der Waals surface area (Å²) in [5.74, 6) is -1.77. The summed E-state index contributed by atoms with van der Waals surface area (Å²) in [6.45, 7) is 3.92. The first-order valence-electron chi connectivity index (χ1n) is 23.2. The molecule has 0 heterocycles. The Hall–Kier alpha value is -1.29. The molecule has 0 aliphatic rings. The van der Waals surface area contributed by atoms with E-state index in [1.807, 2.05) is 0 Å². The van der Waals surface area contributed by atoms with Gasteiger partial charge >= 0.3 is 19.8 Å². The van der Waals surface area contributed by atoms with E-state index in [-0.39, 0.29) is 13.0 Å². The van der Waals surface area contributed by atoms with Gasteiger partial charge in [-0.1, -0.05) is 193 Å². The van der Waals surface area contributed by atoms with Crippen molar-refractivity contribution in [1.29, 1.82) is 0 Å². The van der Waals surface area contributed by atoms with E-state index in [0.29, 0.717) is 13.0 Å². The lowest BCUT2D eigenvalue weighted by atomic mass is 10.0. The fraction of sp³-hybridized carbons (Fsp3) is 0.911. The second-order valence-corrected chi connectivity index (χ2v) is 17.3. The second-order valence-electron chi connectivity index (χ2n) is 15.9. The van der Waals surface area contributed by atoms with Crippen molar-refractivity contribution in [2.75, 3.05) is 26.4 Å². The maximum absolute atomic E-state index is 12.6. The first-order valence-corrected chi connectivity index (χ1v) is 24.7. The minimum atomic E-state index is -4.61. The number of hydrogen-bond acceptors (Lipinski definition) is 8. The third-order valence-corrected chi connectivity index (χ3v) is 11.2. The average Bonchev–Trinajstić information content (AvgIpc) is 3.18. The Morgan fingerprint density at radius 2 is 0.929 bits per heavy atom. The molecule has 11 heteroatoms. The van der Waals surface area contributed by atoms with Crippen molar-refractivity contribution >= 4 is 19.8 Å². The summed E-state index contributed by atoms with van der Waals surface area (Å²) < 4.78 is 33.4. The van der Waals surface area contributed by atoms with Crippen molar-refractivity contribution in [1.82, 2.24) is 0 Å². The number of allylic oxidation sites excluding steroid dienone is 2. The van der Waals surface area contributed by atoms with Gasteiger partial charge in [-0.05, 0) is 38.5 Å². The molecule has 0 aromatic carbocycles. The highest BCUT2D eigenvalue weighted by atomic mass is 31.2. The van der Waals surface area contributed by atoms with Gasteiger partial charge in [-0.25, -0.2) is 4.57 Å². The molecule has 56 heavy (non-hydrogen) atoms. The second kappa shape index (κ2) is 41.9. The minimum Gasteiger partial charge on any atom is -0.480 e. The Morgan fingerprint density at radius 1 is 0.554 bits per heavy atom. The number of aliphatic carboxylic acids is 1. The quantitative estimate of drug-likeness (QED) is 0.0234. The van der Waals surface area contributed by atoms with Crippen LogP contribution < -0.4 is 5.73 Å². The maximum Gasteiger partial charge on any atom is 0.472 e. The Kier molecular flexibility index (Phi) is 40.9. The van der Waals surface area contributed by atoms with Crippen LogP contribution in [0.5, 0.6) is 0 Å². The Bertz CT molecular complexity index is 951. The highest BCUT2D eigenvalue weighted by molar-refractivity contribution is 7.47. The molecule has 0 rings (SSSR count). The molecule has 0 aromatic heterocycles. The number of hydrogen-bond donors (Lipinski definition) is 3. The molecular formula is C45H88NO9P. The van der Waals surface area contributed by atoms with Crippen LogP contribution in [-0.2, 0) is 32.7 Å². The van der Waals surface area contributed by atoms with Crippen molar-refractivity contribution in [2.24, 2.45) is 5.73 Å². The number of carbonyl (C=O) groups is 2. The van der Waals surface area contributed by atoms with Crippen LogP contribution in [0.1, 0.15) is 226 Å². The molecule has 4 N–H and O–H groups in total. The summed E-state index contributed by atoms with van der Waals surface area (Å²) in [5, 5.41) is 8.90. The van der Waals surface area contributed by atoms with Gasteiger partial charge in [0.2, 0.25) is 0 Å². The Morgan fingerprint density at radius 3 is 1.36 bits per heavy atom. The van der Waals surface area contributed by atoms with Gasteiger partial charge < -0.3 is 25.2 Å². The van der Waals surface area contributed by atoms with Crippen LogP contribution in [0, 0.1) is 0 Å². The summed E-state index contributed by atoms with van der Waals surface area (Å²) in [5.41, 5.74) is 5.36. The fourth-order valence-corrected chi connectivity index (χ4v) is 7.44. The number of esters is 1. The van der Waals surface area contributed by atoms with Crippen molar-refractivity contribution in [3.8, 4) is 0 Å². The van der Waals surface area contributed by atoms with Gasteiger partial charge in [-0.2, -0.15) is 0 Å². The fourth-order valence-electron chi connectivity index (χ4n) is 6.66. The smallest absolute Gasteiger partial charge is 0.472 e. The van der Waals surface area contributed by atoms with E-state index in [1.165, 1.54) is 161 Å². The van der Waals surface area contributed by atoms with Gasteiger partial charge in [0.1, 0.15) is 12.1 Å². The zero-order valence-corrected chi connectivity index (χ0v) is 37.1. The van der Waals surface area contributed by atoms with E-state index in [1.54, 1.807) is 0 Å². The van der Waals surface area contributed by atoms with Crippen LogP contribution in [0.4, 0.5) is 0 Å². The Balaban J connectivity index is 4.16. The predicted molar refractivity (Wildman–Crippen MR) is 231 cm³/mol. The number of unbranched alkanes of at least 4 members (excludes halogenated alkanes) is 29. The minimum absolute atomic E-state index is 0.0223. The first-order chi connectivity index (χ1) is 27.2. The number of carboxylic acids is 1. The number of carboxylic acid groups (broad SMARTS) is 1. The molecule has 0 fully saturated rings. The van der Waals surface area contributed by atoms with Gasteiger partial charge in [0.05, 0.1) is 19.8 Å². The number of nitrogens with two attached hydrogens (primary N) is 1. The lowest BCUT2D eigenvalue weighted by molar-refractivity contribution is -0.154. The monoisotopic (exact) mass is 818 g/mol. The summed E-state index contributed by atoms with van der Waals surface area (Å²) in [6, 6.07) is -1.47. The van der Waals surface area contributed by atoms with E-state index in [0.717, 1.165) is 38.5 Å². The average molecular weight is 818 g/mol. The van der Waals surface area contributed by atoms with Crippen molar-refractivity contribution in [3.63, 3.8) is 0 Å². The van der Waals surface area contributed by atoms with Crippen LogP contribution in [0.15, 0.2) is 12.2 Å². The van der Waals surface area contributed by atoms with Crippen molar-refractivity contribution in [3.05, 3.63) is 12.2 Å². The summed E-state index contributed by atoms with van der Waals surface area (Å²) in [6.07, 6.45) is 44.0.